The number of hydrogen-bond acceptors (Lipinski definition) is 3. The Bertz CT molecular complexity index is 1370. The molecule has 160 valence electrons. The second kappa shape index (κ2) is 8.90. The number of thiocarbonyl (C=S) groups is 2. The third kappa shape index (κ3) is 4.00. The van der Waals surface area contributed by atoms with Crippen LogP contribution in [-0.2, 0) is 6.54 Å². The summed E-state index contributed by atoms with van der Waals surface area (Å²) in [7, 11) is 0. The number of nitrogens with two attached hydrogens (primary N) is 2. The summed E-state index contributed by atoms with van der Waals surface area (Å²) < 4.78 is 1.95. The van der Waals surface area contributed by atoms with Gasteiger partial charge in [0.1, 0.15) is 15.7 Å². The number of amides is 1. The molecule has 32 heavy (non-hydrogen) atoms. The van der Waals surface area contributed by atoms with Crippen molar-refractivity contribution in [2.75, 3.05) is 0 Å². The third-order valence-corrected chi connectivity index (χ3v) is 5.91. The summed E-state index contributed by atoms with van der Waals surface area (Å²) in [5.74, 6) is -0.197. The first-order valence-electron chi connectivity index (χ1n) is 10.0. The number of aryl methyl sites for hydroxylation is 1. The fourth-order valence-corrected chi connectivity index (χ4v) is 4.24. The number of para-hydroxylation sites is 1. The number of nitrogens with one attached hydrogen (secondary N) is 1. The number of fused-ring (bicyclic) bond motifs is 1. The van der Waals surface area contributed by atoms with E-state index in [4.69, 9.17) is 35.9 Å². The Morgan fingerprint density at radius 2 is 1.66 bits per heavy atom. The number of carbonyl (C=O) groups excluding carboxylic acids is 1. The van der Waals surface area contributed by atoms with Gasteiger partial charge >= 0.3 is 0 Å². The van der Waals surface area contributed by atoms with Crippen molar-refractivity contribution in [2.45, 2.75) is 13.5 Å². The van der Waals surface area contributed by atoms with Crippen LogP contribution in [0.15, 0.2) is 72.8 Å². The van der Waals surface area contributed by atoms with E-state index in [9.17, 15) is 4.79 Å². The summed E-state index contributed by atoms with van der Waals surface area (Å²) >= 11 is 10.3. The Kier molecular flexibility index (Phi) is 6.03. The lowest BCUT2D eigenvalue weighted by molar-refractivity contribution is 0.0944. The van der Waals surface area contributed by atoms with E-state index in [1.807, 2.05) is 84.3 Å². The Labute approximate surface area is 197 Å². The topological polar surface area (TPSA) is 86.1 Å². The molecule has 5 nitrogen and oxygen atoms in total. The molecule has 0 bridgehead atoms. The van der Waals surface area contributed by atoms with Crippen LogP contribution in [0.4, 0.5) is 0 Å². The molecule has 7 heteroatoms. The first-order valence-corrected chi connectivity index (χ1v) is 10.9. The summed E-state index contributed by atoms with van der Waals surface area (Å²) in [5.41, 5.74) is 17.2. The van der Waals surface area contributed by atoms with Crippen LogP contribution in [0.2, 0.25) is 0 Å². The molecule has 0 saturated carbocycles. The van der Waals surface area contributed by atoms with Crippen LogP contribution in [-0.4, -0.2) is 20.5 Å². The zero-order valence-electron chi connectivity index (χ0n) is 17.5. The molecule has 1 aromatic heterocycles. The van der Waals surface area contributed by atoms with Crippen molar-refractivity contribution in [3.05, 3.63) is 101 Å². The lowest BCUT2D eigenvalue weighted by atomic mass is 10.1. The SMILES string of the molecule is Cc1c(C(=O)NCc2ccccc2C(N)=S)n(-c2cccc(C(N)=S)c2)c2ccccc12. The summed E-state index contributed by atoms with van der Waals surface area (Å²) in [4.78, 5) is 14.1. The smallest absolute Gasteiger partial charge is 0.268 e. The van der Waals surface area contributed by atoms with Gasteiger partial charge in [0, 0.05) is 28.7 Å². The zero-order chi connectivity index (χ0) is 22.8. The van der Waals surface area contributed by atoms with E-state index in [0.717, 1.165) is 38.8 Å². The number of hydrogen-bond donors (Lipinski definition) is 3. The van der Waals surface area contributed by atoms with Crippen LogP contribution in [0.25, 0.3) is 16.6 Å². The van der Waals surface area contributed by atoms with Gasteiger partial charge in [-0.15, -0.1) is 0 Å². The van der Waals surface area contributed by atoms with Gasteiger partial charge in [-0.1, -0.05) is 79.0 Å². The van der Waals surface area contributed by atoms with Gasteiger partial charge < -0.3 is 21.4 Å². The second-order valence-corrected chi connectivity index (χ2v) is 8.32. The standard InChI is InChI=1S/C25H22N4OS2/c1-15-19-10-4-5-12-21(19)29(18-9-6-8-16(13-18)23(26)31)22(15)25(30)28-14-17-7-2-3-11-20(17)24(27)32/h2-13H,14H2,1H3,(H2,26,31)(H2,27,32)(H,28,30). The van der Waals surface area contributed by atoms with Crippen molar-refractivity contribution in [2.24, 2.45) is 11.5 Å². The van der Waals surface area contributed by atoms with Gasteiger partial charge in [0.15, 0.2) is 0 Å². The van der Waals surface area contributed by atoms with E-state index in [2.05, 4.69) is 5.32 Å². The molecule has 0 aliphatic carbocycles. The molecule has 1 amide bonds. The molecule has 0 radical (unpaired) electrons. The minimum Gasteiger partial charge on any atom is -0.389 e. The molecule has 0 unspecified atom stereocenters. The van der Waals surface area contributed by atoms with Gasteiger partial charge in [-0.25, -0.2) is 0 Å². The van der Waals surface area contributed by atoms with Crippen LogP contribution >= 0.6 is 24.4 Å². The highest BCUT2D eigenvalue weighted by Gasteiger charge is 2.21. The van der Waals surface area contributed by atoms with Crippen molar-refractivity contribution in [3.8, 4) is 5.69 Å². The molecule has 0 saturated heterocycles. The minimum atomic E-state index is -0.197. The highest BCUT2D eigenvalue weighted by atomic mass is 32.1. The fraction of sp³-hybridized carbons (Fsp3) is 0.0800. The Hall–Kier alpha value is -3.55. The number of benzene rings is 3. The van der Waals surface area contributed by atoms with Gasteiger partial charge in [0.25, 0.3) is 5.91 Å². The number of aromatic nitrogens is 1. The number of rotatable bonds is 6. The maximum atomic E-state index is 13.5. The van der Waals surface area contributed by atoms with E-state index in [-0.39, 0.29) is 5.91 Å². The maximum Gasteiger partial charge on any atom is 0.268 e. The van der Waals surface area contributed by atoms with Crippen molar-refractivity contribution >= 4 is 51.2 Å². The number of carbonyl (C=O) groups is 1. The fourth-order valence-electron chi connectivity index (χ4n) is 3.91. The Morgan fingerprint density at radius 1 is 0.938 bits per heavy atom. The van der Waals surface area contributed by atoms with Crippen molar-refractivity contribution in [1.29, 1.82) is 0 Å². The highest BCUT2D eigenvalue weighted by molar-refractivity contribution is 7.80. The zero-order valence-corrected chi connectivity index (χ0v) is 19.1. The molecule has 0 aliphatic rings. The van der Waals surface area contributed by atoms with E-state index < -0.39 is 0 Å². The Balaban J connectivity index is 1.79. The largest absolute Gasteiger partial charge is 0.389 e. The summed E-state index contributed by atoms with van der Waals surface area (Å²) in [5, 5.41) is 4.04. The lowest BCUT2D eigenvalue weighted by Crippen LogP contribution is -2.27. The first-order chi connectivity index (χ1) is 15.4. The quantitative estimate of drug-likeness (QED) is 0.378. The normalized spacial score (nSPS) is 10.8. The predicted octanol–water partition coefficient (Wildman–Crippen LogP) is 4.14. The van der Waals surface area contributed by atoms with E-state index in [1.54, 1.807) is 0 Å². The molecule has 0 aliphatic heterocycles. The van der Waals surface area contributed by atoms with E-state index >= 15 is 0 Å². The van der Waals surface area contributed by atoms with Crippen LogP contribution < -0.4 is 16.8 Å². The first kappa shape index (κ1) is 21.7. The van der Waals surface area contributed by atoms with Gasteiger partial charge in [-0.05, 0) is 36.2 Å². The molecular weight excluding hydrogens is 436 g/mol. The molecule has 4 aromatic rings. The molecule has 0 atom stereocenters. The molecule has 1 heterocycles. The van der Waals surface area contributed by atoms with Gasteiger partial charge in [0.05, 0.1) is 5.52 Å². The summed E-state index contributed by atoms with van der Waals surface area (Å²) in [6, 6.07) is 23.0. The summed E-state index contributed by atoms with van der Waals surface area (Å²) in [6.07, 6.45) is 0. The van der Waals surface area contributed by atoms with E-state index in [0.29, 0.717) is 22.2 Å². The van der Waals surface area contributed by atoms with Crippen LogP contribution in [0.3, 0.4) is 0 Å². The van der Waals surface area contributed by atoms with E-state index in [1.165, 1.54) is 0 Å². The average Bonchev–Trinajstić information content (AvgIpc) is 3.10. The maximum absolute atomic E-state index is 13.5. The molecule has 0 spiro atoms. The highest BCUT2D eigenvalue weighted by Crippen LogP contribution is 2.29. The van der Waals surface area contributed by atoms with Crippen LogP contribution in [0, 0.1) is 6.92 Å². The summed E-state index contributed by atoms with van der Waals surface area (Å²) in [6.45, 7) is 2.26. The van der Waals surface area contributed by atoms with Gasteiger partial charge in [-0.2, -0.15) is 0 Å². The van der Waals surface area contributed by atoms with Gasteiger partial charge in [-0.3, -0.25) is 4.79 Å². The van der Waals surface area contributed by atoms with Crippen LogP contribution in [0.1, 0.15) is 32.7 Å². The Morgan fingerprint density at radius 3 is 2.41 bits per heavy atom. The van der Waals surface area contributed by atoms with Gasteiger partial charge in [0.2, 0.25) is 0 Å². The minimum absolute atomic E-state index is 0.197. The molecule has 0 fully saturated rings. The lowest BCUT2D eigenvalue weighted by Gasteiger charge is -2.14. The number of nitrogens with zero attached hydrogens (tertiary/aromatic N) is 1. The average molecular weight is 459 g/mol. The van der Waals surface area contributed by atoms with Crippen LogP contribution in [0.5, 0.6) is 0 Å². The molecule has 5 N–H and O–H groups in total. The van der Waals surface area contributed by atoms with Crippen molar-refractivity contribution < 1.29 is 4.79 Å². The monoisotopic (exact) mass is 458 g/mol. The third-order valence-electron chi connectivity index (χ3n) is 5.45. The second-order valence-electron chi connectivity index (χ2n) is 7.44. The molecule has 3 aromatic carbocycles. The van der Waals surface area contributed by atoms with Crippen molar-refractivity contribution in [3.63, 3.8) is 0 Å². The predicted molar refractivity (Wildman–Crippen MR) is 137 cm³/mol. The van der Waals surface area contributed by atoms with Crippen molar-refractivity contribution in [1.82, 2.24) is 9.88 Å². The molecule has 4 rings (SSSR count). The molecular formula is C25H22N4OS2.